The second-order valence-electron chi connectivity index (χ2n) is 8.81. The van der Waals surface area contributed by atoms with Crippen LogP contribution >= 0.6 is 0 Å². The second-order valence-corrected chi connectivity index (χ2v) is 10.2. The van der Waals surface area contributed by atoms with Gasteiger partial charge in [0.05, 0.1) is 18.8 Å². The number of halogens is 3. The maximum Gasteiger partial charge on any atom is 0.416 e. The molecule has 0 bridgehead atoms. The molecule has 11 heteroatoms. The van der Waals surface area contributed by atoms with E-state index in [0.717, 1.165) is 28.8 Å². The molecule has 0 aliphatic carbocycles. The molecule has 0 radical (unpaired) electrons. The lowest BCUT2D eigenvalue weighted by atomic mass is 10.0. The van der Waals surface area contributed by atoms with Gasteiger partial charge in [0.15, 0.2) is 0 Å². The Bertz CT molecular complexity index is 1430. The largest absolute Gasteiger partial charge is 0.416 e. The lowest BCUT2D eigenvalue weighted by Gasteiger charge is -2.29. The highest BCUT2D eigenvalue weighted by Gasteiger charge is 2.32. The van der Waals surface area contributed by atoms with Crippen molar-refractivity contribution in [1.29, 1.82) is 0 Å². The first-order chi connectivity index (χ1) is 17.4. The number of hydrogen-bond donors (Lipinski definition) is 1. The van der Waals surface area contributed by atoms with Crippen LogP contribution in [0.5, 0.6) is 0 Å². The van der Waals surface area contributed by atoms with Gasteiger partial charge in [0.2, 0.25) is 0 Å². The van der Waals surface area contributed by atoms with Crippen molar-refractivity contribution in [3.63, 3.8) is 0 Å². The molecule has 37 heavy (non-hydrogen) atoms. The number of pyridine rings is 1. The number of benzene rings is 2. The van der Waals surface area contributed by atoms with Gasteiger partial charge >= 0.3 is 6.18 Å². The third kappa shape index (κ3) is 5.94. The van der Waals surface area contributed by atoms with E-state index >= 15 is 0 Å². The number of aryl methyl sites for hydroxylation is 2. The Hall–Kier alpha value is -3.44. The molecule has 2 heterocycles. The standard InChI is InChI=1S/C26H26F3N3O4S/c1-16-4-5-20(30-24(33)17-10-19(26(27,28)29)13-21(11-17)37(3)35)14-22(16)18-12-23(25(34)31(2)15-18)32-6-8-36-9-7-32/h4-5,10-15H,6-9H2,1-3H3,(H,30,33). The van der Waals surface area contributed by atoms with E-state index in [9.17, 15) is 27.0 Å². The molecule has 1 saturated heterocycles. The quantitative estimate of drug-likeness (QED) is 0.532. The van der Waals surface area contributed by atoms with Gasteiger partial charge in [-0.25, -0.2) is 0 Å². The summed E-state index contributed by atoms with van der Waals surface area (Å²) in [6, 6.07) is 9.65. The van der Waals surface area contributed by atoms with Crippen molar-refractivity contribution < 1.29 is 26.9 Å². The van der Waals surface area contributed by atoms with E-state index in [4.69, 9.17) is 4.74 Å². The van der Waals surface area contributed by atoms with Gasteiger partial charge in [-0.1, -0.05) is 6.07 Å². The zero-order chi connectivity index (χ0) is 26.9. The summed E-state index contributed by atoms with van der Waals surface area (Å²) in [6.07, 6.45) is -1.74. The number of aromatic nitrogens is 1. The fourth-order valence-electron chi connectivity index (χ4n) is 4.15. The summed E-state index contributed by atoms with van der Waals surface area (Å²) in [5.41, 5.74) is 1.86. The predicted octanol–water partition coefficient (Wildman–Crippen LogP) is 4.21. The van der Waals surface area contributed by atoms with Gasteiger partial charge in [-0.3, -0.25) is 13.8 Å². The van der Waals surface area contributed by atoms with E-state index < -0.39 is 28.4 Å². The Kier molecular flexibility index (Phi) is 7.56. The molecule has 1 unspecified atom stereocenters. The molecule has 0 spiro atoms. The predicted molar refractivity (Wildman–Crippen MR) is 137 cm³/mol. The molecule has 1 aliphatic heterocycles. The minimum atomic E-state index is -4.69. The number of rotatable bonds is 5. The van der Waals surface area contributed by atoms with Crippen LogP contribution in [0.1, 0.15) is 21.5 Å². The number of amides is 1. The number of alkyl halides is 3. The van der Waals surface area contributed by atoms with Crippen molar-refractivity contribution in [2.24, 2.45) is 7.05 Å². The molecule has 4 rings (SSSR count). The number of morpholine rings is 1. The molecule has 0 saturated carbocycles. The summed E-state index contributed by atoms with van der Waals surface area (Å²) in [4.78, 5) is 27.6. The van der Waals surface area contributed by atoms with E-state index in [-0.39, 0.29) is 16.0 Å². The van der Waals surface area contributed by atoms with E-state index in [1.165, 1.54) is 16.9 Å². The third-order valence-electron chi connectivity index (χ3n) is 6.15. The lowest BCUT2D eigenvalue weighted by Crippen LogP contribution is -2.40. The number of carbonyl (C=O) groups is 1. The first-order valence-electron chi connectivity index (χ1n) is 11.5. The Morgan fingerprint density at radius 1 is 1.08 bits per heavy atom. The maximum absolute atomic E-state index is 13.3. The van der Waals surface area contributed by atoms with E-state index in [1.54, 1.807) is 37.5 Å². The molecule has 1 atom stereocenters. The Morgan fingerprint density at radius 3 is 2.43 bits per heavy atom. The van der Waals surface area contributed by atoms with Crippen LogP contribution in [-0.2, 0) is 28.8 Å². The van der Waals surface area contributed by atoms with Crippen LogP contribution < -0.4 is 15.8 Å². The number of hydrogen-bond acceptors (Lipinski definition) is 5. The van der Waals surface area contributed by atoms with Gasteiger partial charge in [0.1, 0.15) is 5.69 Å². The van der Waals surface area contributed by atoms with Gasteiger partial charge in [-0.15, -0.1) is 0 Å². The molecule has 3 aromatic rings. The van der Waals surface area contributed by atoms with Crippen LogP contribution in [0.2, 0.25) is 0 Å². The van der Waals surface area contributed by atoms with Crippen molar-refractivity contribution in [3.8, 4) is 11.1 Å². The molecule has 1 amide bonds. The van der Waals surface area contributed by atoms with Gasteiger partial charge in [0.25, 0.3) is 11.5 Å². The molecule has 7 nitrogen and oxygen atoms in total. The van der Waals surface area contributed by atoms with Gasteiger partial charge in [-0.05, 0) is 54.4 Å². The van der Waals surface area contributed by atoms with Crippen LogP contribution in [0, 0.1) is 6.92 Å². The summed E-state index contributed by atoms with van der Waals surface area (Å²) in [6.45, 7) is 4.12. The van der Waals surface area contributed by atoms with Gasteiger partial charge in [-0.2, -0.15) is 13.2 Å². The molecular weight excluding hydrogens is 507 g/mol. The number of carbonyl (C=O) groups excluding carboxylic acids is 1. The third-order valence-corrected chi connectivity index (χ3v) is 7.05. The summed E-state index contributed by atoms with van der Waals surface area (Å²) < 4.78 is 58.8. The van der Waals surface area contributed by atoms with Crippen molar-refractivity contribution in [1.82, 2.24) is 4.57 Å². The monoisotopic (exact) mass is 533 g/mol. The van der Waals surface area contributed by atoms with Crippen LogP contribution in [0.4, 0.5) is 24.5 Å². The zero-order valence-electron chi connectivity index (χ0n) is 20.5. The topological polar surface area (TPSA) is 80.6 Å². The molecule has 1 aliphatic rings. The van der Waals surface area contributed by atoms with Crippen LogP contribution in [-0.4, -0.2) is 47.2 Å². The summed E-state index contributed by atoms with van der Waals surface area (Å²) in [5, 5.41) is 2.64. The summed E-state index contributed by atoms with van der Waals surface area (Å²) >= 11 is 0. The van der Waals surface area contributed by atoms with Crippen LogP contribution in [0.25, 0.3) is 11.1 Å². The van der Waals surface area contributed by atoms with Crippen LogP contribution in [0.15, 0.2) is 58.4 Å². The van der Waals surface area contributed by atoms with E-state index in [2.05, 4.69) is 5.32 Å². The Balaban J connectivity index is 1.68. The van der Waals surface area contributed by atoms with Crippen molar-refractivity contribution >= 4 is 28.1 Å². The molecular formula is C26H26F3N3O4S. The highest BCUT2D eigenvalue weighted by Crippen LogP contribution is 2.32. The maximum atomic E-state index is 13.3. The van der Waals surface area contributed by atoms with Gasteiger partial charge in [0, 0.05) is 65.1 Å². The molecule has 1 fully saturated rings. The SMILES string of the molecule is Cc1ccc(NC(=O)c2cc(S(C)=O)cc(C(F)(F)F)c2)cc1-c1cc(N2CCOCC2)c(=O)n(C)c1. The number of ether oxygens (including phenoxy) is 1. The fourth-order valence-corrected chi connectivity index (χ4v) is 4.73. The van der Waals surface area contributed by atoms with Crippen molar-refractivity contribution in [2.75, 3.05) is 42.8 Å². The van der Waals surface area contributed by atoms with E-state index in [1.807, 2.05) is 11.8 Å². The minimum absolute atomic E-state index is 0.0922. The number of nitrogens with one attached hydrogen (secondary N) is 1. The summed E-state index contributed by atoms with van der Waals surface area (Å²) in [7, 11) is -0.0413. The first kappa shape index (κ1) is 26.6. The highest BCUT2D eigenvalue weighted by molar-refractivity contribution is 7.84. The lowest BCUT2D eigenvalue weighted by molar-refractivity contribution is -0.137. The highest BCUT2D eigenvalue weighted by atomic mass is 32.2. The Labute approximate surface area is 214 Å². The zero-order valence-corrected chi connectivity index (χ0v) is 21.3. The molecule has 1 aromatic heterocycles. The average Bonchev–Trinajstić information content (AvgIpc) is 2.86. The smallest absolute Gasteiger partial charge is 0.378 e. The molecule has 196 valence electrons. The first-order valence-corrected chi connectivity index (χ1v) is 13.0. The van der Waals surface area contributed by atoms with E-state index in [0.29, 0.717) is 37.7 Å². The van der Waals surface area contributed by atoms with Crippen LogP contribution in [0.3, 0.4) is 0 Å². The number of nitrogens with zero attached hydrogens (tertiary/aromatic N) is 2. The number of anilines is 2. The second kappa shape index (κ2) is 10.5. The normalized spacial score (nSPS) is 14.9. The molecule has 2 aromatic carbocycles. The van der Waals surface area contributed by atoms with Crippen molar-refractivity contribution in [3.05, 3.63) is 75.7 Å². The fraction of sp³-hybridized carbons (Fsp3) is 0.308. The average molecular weight is 534 g/mol. The Morgan fingerprint density at radius 2 is 1.78 bits per heavy atom. The summed E-state index contributed by atoms with van der Waals surface area (Å²) in [5.74, 6) is -0.762. The molecule has 1 N–H and O–H groups in total. The minimum Gasteiger partial charge on any atom is -0.378 e. The van der Waals surface area contributed by atoms with Crippen molar-refractivity contribution in [2.45, 2.75) is 18.0 Å². The van der Waals surface area contributed by atoms with Gasteiger partial charge < -0.3 is 19.5 Å².